The predicted molar refractivity (Wildman–Crippen MR) is 71.5 cm³/mol. The van der Waals surface area contributed by atoms with Crippen molar-refractivity contribution in [1.29, 1.82) is 0 Å². The maximum absolute atomic E-state index is 11.8. The number of benzene rings is 1. The average molecular weight is 298 g/mol. The van der Waals surface area contributed by atoms with Crippen LogP contribution in [0.2, 0.25) is 0 Å². The van der Waals surface area contributed by atoms with Crippen molar-refractivity contribution in [1.82, 2.24) is 0 Å². The van der Waals surface area contributed by atoms with Crippen LogP contribution in [0.15, 0.2) is 22.7 Å². The van der Waals surface area contributed by atoms with Crippen LogP contribution in [-0.2, 0) is 4.79 Å². The largest absolute Gasteiger partial charge is 0.482 e. The Hall–Kier alpha value is -1.03. The van der Waals surface area contributed by atoms with E-state index >= 15 is 0 Å². The average Bonchev–Trinajstić information content (AvgIpc) is 2.32. The van der Waals surface area contributed by atoms with Gasteiger partial charge >= 0.3 is 0 Å². The molecule has 1 heterocycles. The van der Waals surface area contributed by atoms with Gasteiger partial charge in [0.15, 0.2) is 6.61 Å². The third-order valence-corrected chi connectivity index (χ3v) is 3.34. The van der Waals surface area contributed by atoms with Gasteiger partial charge < -0.3 is 9.64 Å². The van der Waals surface area contributed by atoms with Crippen molar-refractivity contribution in [2.45, 2.75) is 26.2 Å². The maximum Gasteiger partial charge on any atom is 0.265 e. The molecule has 3 nitrogen and oxygen atoms in total. The number of amides is 1. The van der Waals surface area contributed by atoms with E-state index in [0.29, 0.717) is 0 Å². The van der Waals surface area contributed by atoms with E-state index in [9.17, 15) is 4.79 Å². The van der Waals surface area contributed by atoms with Gasteiger partial charge in [-0.25, -0.2) is 0 Å². The Bertz CT molecular complexity index is 420. The summed E-state index contributed by atoms with van der Waals surface area (Å²) in [5.41, 5.74) is 0.881. The number of hydrogen-bond donors (Lipinski definition) is 0. The Balaban J connectivity index is 2.20. The fourth-order valence-corrected chi connectivity index (χ4v) is 2.29. The molecule has 0 saturated carbocycles. The molecule has 1 aliphatic rings. The van der Waals surface area contributed by atoms with Crippen molar-refractivity contribution < 1.29 is 9.53 Å². The molecule has 1 aliphatic heterocycles. The quantitative estimate of drug-likeness (QED) is 0.798. The number of rotatable bonds is 4. The molecule has 0 aromatic heterocycles. The van der Waals surface area contributed by atoms with Gasteiger partial charge in [-0.05, 0) is 24.6 Å². The van der Waals surface area contributed by atoms with Gasteiger partial charge in [-0.2, -0.15) is 0 Å². The number of hydrogen-bond acceptors (Lipinski definition) is 2. The van der Waals surface area contributed by atoms with Gasteiger partial charge in [0.2, 0.25) is 0 Å². The second-order valence-corrected chi connectivity index (χ2v) is 5.07. The van der Waals surface area contributed by atoms with Gasteiger partial charge in [0, 0.05) is 11.0 Å². The lowest BCUT2D eigenvalue weighted by Gasteiger charge is -2.29. The molecule has 0 unspecified atom stereocenters. The lowest BCUT2D eigenvalue weighted by molar-refractivity contribution is -0.121. The Morgan fingerprint density at radius 3 is 3.00 bits per heavy atom. The zero-order valence-electron chi connectivity index (χ0n) is 9.91. The van der Waals surface area contributed by atoms with Crippen molar-refractivity contribution >= 4 is 27.5 Å². The van der Waals surface area contributed by atoms with E-state index in [1.165, 1.54) is 0 Å². The lowest BCUT2D eigenvalue weighted by atomic mass is 10.2. The molecule has 1 amide bonds. The maximum atomic E-state index is 11.8. The second-order valence-electron chi connectivity index (χ2n) is 4.15. The van der Waals surface area contributed by atoms with E-state index in [1.54, 1.807) is 0 Å². The highest BCUT2D eigenvalue weighted by Crippen LogP contribution is 2.34. The van der Waals surface area contributed by atoms with Gasteiger partial charge in [-0.15, -0.1) is 0 Å². The predicted octanol–water partition coefficient (Wildman–Crippen LogP) is 3.36. The molecule has 0 saturated heterocycles. The monoisotopic (exact) mass is 297 g/mol. The van der Waals surface area contributed by atoms with E-state index in [-0.39, 0.29) is 12.5 Å². The standard InChI is InChI=1S/C13H16BrNO2/c1-2-3-4-7-15-11-8-10(14)5-6-12(11)17-9-13(15)16/h5-6,8H,2-4,7,9H2,1H3. The van der Waals surface area contributed by atoms with Crippen LogP contribution >= 0.6 is 15.9 Å². The summed E-state index contributed by atoms with van der Waals surface area (Å²) < 4.78 is 6.38. The summed E-state index contributed by atoms with van der Waals surface area (Å²) in [7, 11) is 0. The number of nitrogens with zero attached hydrogens (tertiary/aromatic N) is 1. The van der Waals surface area contributed by atoms with Crippen molar-refractivity contribution in [2.75, 3.05) is 18.1 Å². The molecule has 4 heteroatoms. The number of carbonyl (C=O) groups excluding carboxylic acids is 1. The summed E-state index contributed by atoms with van der Waals surface area (Å²) in [5.74, 6) is 0.844. The van der Waals surface area contributed by atoms with E-state index in [4.69, 9.17) is 4.74 Å². The second kappa shape index (κ2) is 5.54. The van der Waals surface area contributed by atoms with E-state index < -0.39 is 0 Å². The molecule has 0 bridgehead atoms. The third kappa shape index (κ3) is 2.80. The highest BCUT2D eigenvalue weighted by molar-refractivity contribution is 9.10. The van der Waals surface area contributed by atoms with E-state index in [0.717, 1.165) is 41.7 Å². The molecular formula is C13H16BrNO2. The fourth-order valence-electron chi connectivity index (χ4n) is 1.94. The first-order valence-electron chi connectivity index (χ1n) is 5.95. The van der Waals surface area contributed by atoms with Crippen LogP contribution in [0.3, 0.4) is 0 Å². The van der Waals surface area contributed by atoms with Crippen molar-refractivity contribution in [3.05, 3.63) is 22.7 Å². The highest BCUT2D eigenvalue weighted by atomic mass is 79.9. The third-order valence-electron chi connectivity index (χ3n) is 2.85. The van der Waals surface area contributed by atoms with Crippen LogP contribution in [0.4, 0.5) is 5.69 Å². The molecule has 0 radical (unpaired) electrons. The van der Waals surface area contributed by atoms with Crippen molar-refractivity contribution in [2.24, 2.45) is 0 Å². The number of fused-ring (bicyclic) bond motifs is 1. The van der Waals surface area contributed by atoms with Crippen LogP contribution < -0.4 is 9.64 Å². The zero-order chi connectivity index (χ0) is 12.3. The molecule has 0 aliphatic carbocycles. The number of carbonyl (C=O) groups is 1. The van der Waals surface area contributed by atoms with E-state index in [2.05, 4.69) is 22.9 Å². The number of anilines is 1. The minimum atomic E-state index is 0.0479. The number of halogens is 1. The van der Waals surface area contributed by atoms with Gasteiger partial charge in [-0.1, -0.05) is 35.7 Å². The Morgan fingerprint density at radius 2 is 2.24 bits per heavy atom. The van der Waals surface area contributed by atoms with Crippen LogP contribution in [0.25, 0.3) is 0 Å². The first kappa shape index (κ1) is 12.4. The minimum Gasteiger partial charge on any atom is -0.482 e. The van der Waals surface area contributed by atoms with Crippen LogP contribution in [0, 0.1) is 0 Å². The molecule has 0 spiro atoms. The number of ether oxygens (including phenoxy) is 1. The molecule has 0 atom stereocenters. The molecule has 92 valence electrons. The van der Waals surface area contributed by atoms with Gasteiger partial charge in [0.05, 0.1) is 5.69 Å². The first-order valence-corrected chi connectivity index (χ1v) is 6.74. The summed E-state index contributed by atoms with van der Waals surface area (Å²) in [6, 6.07) is 5.77. The molecule has 2 rings (SSSR count). The first-order chi connectivity index (χ1) is 8.22. The summed E-state index contributed by atoms with van der Waals surface area (Å²) in [4.78, 5) is 13.7. The summed E-state index contributed by atoms with van der Waals surface area (Å²) in [6.07, 6.45) is 3.34. The lowest BCUT2D eigenvalue weighted by Crippen LogP contribution is -2.39. The molecular weight excluding hydrogens is 282 g/mol. The summed E-state index contributed by atoms with van der Waals surface area (Å²) >= 11 is 3.43. The van der Waals surface area contributed by atoms with Gasteiger partial charge in [0.1, 0.15) is 5.75 Å². The normalized spacial score (nSPS) is 14.5. The molecule has 0 N–H and O–H groups in total. The smallest absolute Gasteiger partial charge is 0.265 e. The Morgan fingerprint density at radius 1 is 1.41 bits per heavy atom. The highest BCUT2D eigenvalue weighted by Gasteiger charge is 2.24. The minimum absolute atomic E-state index is 0.0479. The fraction of sp³-hybridized carbons (Fsp3) is 0.462. The van der Waals surface area contributed by atoms with Gasteiger partial charge in [0.25, 0.3) is 5.91 Å². The molecule has 17 heavy (non-hydrogen) atoms. The SMILES string of the molecule is CCCCCN1C(=O)COc2ccc(Br)cc21. The molecule has 0 fully saturated rings. The van der Waals surface area contributed by atoms with Crippen molar-refractivity contribution in [3.8, 4) is 5.75 Å². The number of unbranched alkanes of at least 4 members (excludes halogenated alkanes) is 2. The topological polar surface area (TPSA) is 29.5 Å². The summed E-state index contributed by atoms with van der Waals surface area (Å²) in [5, 5.41) is 0. The van der Waals surface area contributed by atoms with Crippen LogP contribution in [0.5, 0.6) is 5.75 Å². The van der Waals surface area contributed by atoms with Gasteiger partial charge in [-0.3, -0.25) is 4.79 Å². The van der Waals surface area contributed by atoms with Crippen LogP contribution in [0.1, 0.15) is 26.2 Å². The Labute approximate surface area is 110 Å². The Kier molecular flexibility index (Phi) is 4.05. The molecule has 1 aromatic carbocycles. The zero-order valence-corrected chi connectivity index (χ0v) is 11.5. The van der Waals surface area contributed by atoms with E-state index in [1.807, 2.05) is 23.1 Å². The molecule has 1 aromatic rings. The summed E-state index contributed by atoms with van der Waals surface area (Å²) in [6.45, 7) is 3.09. The van der Waals surface area contributed by atoms with Crippen LogP contribution in [-0.4, -0.2) is 19.1 Å². The van der Waals surface area contributed by atoms with Crippen molar-refractivity contribution in [3.63, 3.8) is 0 Å².